The van der Waals surface area contributed by atoms with Crippen molar-refractivity contribution in [2.45, 2.75) is 12.5 Å². The maximum atomic E-state index is 13.0. The molecule has 0 saturated carbocycles. The van der Waals surface area contributed by atoms with Gasteiger partial charge < -0.3 is 0 Å². The molecule has 0 aliphatic carbocycles. The van der Waals surface area contributed by atoms with Crippen LogP contribution in [0.4, 0.5) is 4.39 Å². The van der Waals surface area contributed by atoms with Gasteiger partial charge >= 0.3 is 0 Å². The Hall–Kier alpha value is -1.85. The molecule has 0 saturated heterocycles. The van der Waals surface area contributed by atoms with E-state index in [1.54, 1.807) is 24.7 Å². The lowest BCUT2D eigenvalue weighted by atomic mass is 10.0. The van der Waals surface area contributed by atoms with Crippen molar-refractivity contribution < 1.29 is 4.39 Å². The summed E-state index contributed by atoms with van der Waals surface area (Å²) in [7, 11) is 0. The van der Waals surface area contributed by atoms with Crippen LogP contribution in [0.2, 0.25) is 0 Å². The average Bonchev–Trinajstić information content (AvgIpc) is 2.37. The fourth-order valence-corrected chi connectivity index (χ4v) is 1.64. The number of halogens is 1. The highest BCUT2D eigenvalue weighted by atomic mass is 19.1. The highest BCUT2D eigenvalue weighted by Crippen LogP contribution is 2.15. The van der Waals surface area contributed by atoms with E-state index in [-0.39, 0.29) is 11.9 Å². The molecule has 2 aromatic rings. The van der Waals surface area contributed by atoms with Gasteiger partial charge in [-0.15, -0.1) is 0 Å². The van der Waals surface area contributed by atoms with Gasteiger partial charge in [0.05, 0.1) is 17.9 Å². The van der Waals surface area contributed by atoms with Crippen molar-refractivity contribution in [3.63, 3.8) is 0 Å². The fourth-order valence-electron chi connectivity index (χ4n) is 1.64. The molecule has 1 heterocycles. The molecule has 0 aliphatic rings. The van der Waals surface area contributed by atoms with Crippen LogP contribution in [-0.4, -0.2) is 9.97 Å². The zero-order chi connectivity index (χ0) is 12.1. The SMILES string of the molecule is NNC(Cc1cccc(F)c1)c1cnccn1. The second-order valence-corrected chi connectivity index (χ2v) is 3.68. The van der Waals surface area contributed by atoms with Crippen LogP contribution < -0.4 is 11.3 Å². The molecule has 3 N–H and O–H groups in total. The number of nitrogens with two attached hydrogens (primary N) is 1. The smallest absolute Gasteiger partial charge is 0.123 e. The van der Waals surface area contributed by atoms with E-state index in [1.165, 1.54) is 12.1 Å². The second kappa shape index (κ2) is 5.47. The van der Waals surface area contributed by atoms with Crippen LogP contribution in [0.3, 0.4) is 0 Å². The minimum Gasteiger partial charge on any atom is -0.271 e. The first-order valence-corrected chi connectivity index (χ1v) is 5.26. The molecule has 1 atom stereocenters. The predicted molar refractivity (Wildman–Crippen MR) is 62.2 cm³/mol. The van der Waals surface area contributed by atoms with Crippen molar-refractivity contribution >= 4 is 0 Å². The van der Waals surface area contributed by atoms with Gasteiger partial charge in [-0.2, -0.15) is 0 Å². The number of nitrogens with one attached hydrogen (secondary N) is 1. The molecule has 4 nitrogen and oxygen atoms in total. The molecular formula is C12H13FN4. The van der Waals surface area contributed by atoms with E-state index in [0.29, 0.717) is 6.42 Å². The summed E-state index contributed by atoms with van der Waals surface area (Å²) < 4.78 is 13.0. The summed E-state index contributed by atoms with van der Waals surface area (Å²) in [6.07, 6.45) is 5.40. The Morgan fingerprint density at radius 1 is 1.35 bits per heavy atom. The number of hydrogen-bond donors (Lipinski definition) is 2. The van der Waals surface area contributed by atoms with Crippen molar-refractivity contribution in [3.05, 3.63) is 59.9 Å². The van der Waals surface area contributed by atoms with Gasteiger partial charge in [-0.25, -0.2) is 4.39 Å². The molecule has 0 bridgehead atoms. The summed E-state index contributed by atoms with van der Waals surface area (Å²) >= 11 is 0. The zero-order valence-corrected chi connectivity index (χ0v) is 9.18. The van der Waals surface area contributed by atoms with E-state index < -0.39 is 0 Å². The molecule has 0 amide bonds. The largest absolute Gasteiger partial charge is 0.271 e. The summed E-state index contributed by atoms with van der Waals surface area (Å²) in [6, 6.07) is 6.25. The highest BCUT2D eigenvalue weighted by Gasteiger charge is 2.12. The van der Waals surface area contributed by atoms with Crippen LogP contribution in [0.5, 0.6) is 0 Å². The summed E-state index contributed by atoms with van der Waals surface area (Å²) in [5, 5.41) is 0. The van der Waals surface area contributed by atoms with Crippen LogP contribution in [-0.2, 0) is 6.42 Å². The molecule has 5 heteroatoms. The van der Waals surface area contributed by atoms with E-state index in [0.717, 1.165) is 11.3 Å². The van der Waals surface area contributed by atoms with Gasteiger partial charge in [0.25, 0.3) is 0 Å². The Morgan fingerprint density at radius 2 is 2.24 bits per heavy atom. The van der Waals surface area contributed by atoms with Crippen molar-refractivity contribution in [2.24, 2.45) is 5.84 Å². The summed E-state index contributed by atoms with van der Waals surface area (Å²) in [6.45, 7) is 0. The van der Waals surface area contributed by atoms with Gasteiger partial charge in [0.15, 0.2) is 0 Å². The van der Waals surface area contributed by atoms with Crippen molar-refractivity contribution in [3.8, 4) is 0 Å². The number of hydrazine groups is 1. The minimum absolute atomic E-state index is 0.175. The van der Waals surface area contributed by atoms with Crippen LogP contribution in [0.1, 0.15) is 17.3 Å². The third kappa shape index (κ3) is 3.05. The fraction of sp³-hybridized carbons (Fsp3) is 0.167. The van der Waals surface area contributed by atoms with Gasteiger partial charge in [0.1, 0.15) is 5.82 Å². The number of hydrogen-bond acceptors (Lipinski definition) is 4. The minimum atomic E-state index is -0.252. The number of nitrogens with zero attached hydrogens (tertiary/aromatic N) is 2. The van der Waals surface area contributed by atoms with Crippen molar-refractivity contribution in [1.82, 2.24) is 15.4 Å². The molecule has 17 heavy (non-hydrogen) atoms. The van der Waals surface area contributed by atoms with Crippen molar-refractivity contribution in [1.29, 1.82) is 0 Å². The molecule has 0 aliphatic heterocycles. The first-order valence-electron chi connectivity index (χ1n) is 5.26. The normalized spacial score (nSPS) is 12.4. The van der Waals surface area contributed by atoms with Gasteiger partial charge in [0.2, 0.25) is 0 Å². The molecule has 88 valence electrons. The molecular weight excluding hydrogens is 219 g/mol. The van der Waals surface area contributed by atoms with E-state index in [4.69, 9.17) is 5.84 Å². The lowest BCUT2D eigenvalue weighted by molar-refractivity contribution is 0.533. The lowest BCUT2D eigenvalue weighted by Crippen LogP contribution is -2.30. The average molecular weight is 232 g/mol. The van der Waals surface area contributed by atoms with Crippen LogP contribution >= 0.6 is 0 Å². The molecule has 0 radical (unpaired) electrons. The summed E-state index contributed by atoms with van der Waals surface area (Å²) in [5.41, 5.74) is 4.26. The number of benzene rings is 1. The van der Waals surface area contributed by atoms with Crippen LogP contribution in [0.15, 0.2) is 42.9 Å². The Balaban J connectivity index is 2.16. The Labute approximate surface area is 98.7 Å². The van der Waals surface area contributed by atoms with Crippen LogP contribution in [0, 0.1) is 5.82 Å². The topological polar surface area (TPSA) is 63.8 Å². The molecule has 0 spiro atoms. The van der Waals surface area contributed by atoms with Gasteiger partial charge in [0, 0.05) is 12.4 Å². The monoisotopic (exact) mass is 232 g/mol. The number of aromatic nitrogens is 2. The zero-order valence-electron chi connectivity index (χ0n) is 9.18. The van der Waals surface area contributed by atoms with E-state index >= 15 is 0 Å². The third-order valence-corrected chi connectivity index (χ3v) is 2.47. The standard InChI is InChI=1S/C12H13FN4/c13-10-3-1-2-9(6-10)7-11(17-14)12-8-15-4-5-16-12/h1-6,8,11,17H,7,14H2. The second-order valence-electron chi connectivity index (χ2n) is 3.68. The van der Waals surface area contributed by atoms with E-state index in [1.807, 2.05) is 6.07 Å². The summed E-state index contributed by atoms with van der Waals surface area (Å²) in [5.74, 6) is 5.23. The van der Waals surface area contributed by atoms with Crippen molar-refractivity contribution in [2.75, 3.05) is 0 Å². The molecule has 0 fully saturated rings. The first-order chi connectivity index (χ1) is 8.29. The van der Waals surface area contributed by atoms with E-state index in [9.17, 15) is 4.39 Å². The Bertz CT molecular complexity index is 475. The first kappa shape index (κ1) is 11.6. The Morgan fingerprint density at radius 3 is 2.88 bits per heavy atom. The van der Waals surface area contributed by atoms with Gasteiger partial charge in [-0.05, 0) is 24.1 Å². The molecule has 1 unspecified atom stereocenters. The van der Waals surface area contributed by atoms with E-state index in [2.05, 4.69) is 15.4 Å². The van der Waals surface area contributed by atoms with Crippen LogP contribution in [0.25, 0.3) is 0 Å². The third-order valence-electron chi connectivity index (χ3n) is 2.47. The lowest BCUT2D eigenvalue weighted by Gasteiger charge is -2.14. The molecule has 1 aromatic heterocycles. The number of rotatable bonds is 4. The predicted octanol–water partition coefficient (Wildman–Crippen LogP) is 1.36. The van der Waals surface area contributed by atoms with Gasteiger partial charge in [-0.1, -0.05) is 12.1 Å². The maximum absolute atomic E-state index is 13.0. The molecule has 2 rings (SSSR count). The maximum Gasteiger partial charge on any atom is 0.123 e. The Kier molecular flexibility index (Phi) is 3.74. The molecule has 1 aromatic carbocycles. The quantitative estimate of drug-likeness (QED) is 0.617. The highest BCUT2D eigenvalue weighted by molar-refractivity contribution is 5.19. The van der Waals surface area contributed by atoms with Gasteiger partial charge in [-0.3, -0.25) is 21.2 Å². The summed E-state index contributed by atoms with van der Waals surface area (Å²) in [4.78, 5) is 8.15.